The second-order valence-corrected chi connectivity index (χ2v) is 4.22. The summed E-state index contributed by atoms with van der Waals surface area (Å²) < 4.78 is 0. The number of nitrogens with zero attached hydrogens (tertiary/aromatic N) is 1. The van der Waals surface area contributed by atoms with Gasteiger partial charge in [0.05, 0.1) is 0 Å². The van der Waals surface area contributed by atoms with Crippen LogP contribution in [0.5, 0.6) is 0 Å². The van der Waals surface area contributed by atoms with Crippen LogP contribution in [0, 0.1) is 5.41 Å². The van der Waals surface area contributed by atoms with Gasteiger partial charge >= 0.3 is 5.97 Å². The molecule has 0 bridgehead atoms. The molecule has 15 heavy (non-hydrogen) atoms. The molecule has 0 aliphatic rings. The zero-order valence-electron chi connectivity index (χ0n) is 10.0. The zero-order chi connectivity index (χ0) is 12.1. The highest BCUT2D eigenvalue weighted by molar-refractivity contribution is 6.00. The molecular formula is C11H21NO3. The summed E-state index contributed by atoms with van der Waals surface area (Å²) in [5.74, 6) is -1.36. The Hall–Kier alpha value is -1.06. The van der Waals surface area contributed by atoms with Crippen molar-refractivity contribution in [2.75, 3.05) is 13.1 Å². The third kappa shape index (κ3) is 3.53. The summed E-state index contributed by atoms with van der Waals surface area (Å²) in [4.78, 5) is 24.5. The van der Waals surface area contributed by atoms with Crippen molar-refractivity contribution in [1.82, 2.24) is 4.90 Å². The van der Waals surface area contributed by atoms with Crippen molar-refractivity contribution in [1.29, 1.82) is 0 Å². The molecular weight excluding hydrogens is 194 g/mol. The van der Waals surface area contributed by atoms with Gasteiger partial charge in [0, 0.05) is 13.1 Å². The van der Waals surface area contributed by atoms with Crippen molar-refractivity contribution in [3.05, 3.63) is 0 Å². The SMILES string of the molecule is CCCN(CCC)C(=O)C(C)(C)C(=O)O. The molecule has 0 heterocycles. The van der Waals surface area contributed by atoms with Crippen LogP contribution >= 0.6 is 0 Å². The Bertz CT molecular complexity index is 230. The highest BCUT2D eigenvalue weighted by atomic mass is 16.4. The smallest absolute Gasteiger partial charge is 0.318 e. The summed E-state index contributed by atoms with van der Waals surface area (Å²) in [7, 11) is 0. The molecule has 0 aromatic carbocycles. The van der Waals surface area contributed by atoms with Gasteiger partial charge in [-0.3, -0.25) is 9.59 Å². The number of carbonyl (C=O) groups is 2. The molecule has 0 atom stereocenters. The van der Waals surface area contributed by atoms with Gasteiger partial charge in [0.15, 0.2) is 0 Å². The molecule has 0 unspecified atom stereocenters. The molecule has 88 valence electrons. The van der Waals surface area contributed by atoms with Gasteiger partial charge < -0.3 is 10.0 Å². The third-order valence-electron chi connectivity index (χ3n) is 2.34. The van der Waals surface area contributed by atoms with E-state index in [9.17, 15) is 9.59 Å². The Balaban J connectivity index is 4.68. The van der Waals surface area contributed by atoms with Crippen LogP contribution in [-0.4, -0.2) is 35.0 Å². The van der Waals surface area contributed by atoms with Gasteiger partial charge in [-0.05, 0) is 26.7 Å². The fourth-order valence-corrected chi connectivity index (χ4v) is 1.34. The van der Waals surface area contributed by atoms with E-state index in [4.69, 9.17) is 5.11 Å². The average molecular weight is 215 g/mol. The first-order valence-corrected chi connectivity index (χ1v) is 5.40. The quantitative estimate of drug-likeness (QED) is 0.687. The van der Waals surface area contributed by atoms with Crippen molar-refractivity contribution in [2.45, 2.75) is 40.5 Å². The van der Waals surface area contributed by atoms with Crippen molar-refractivity contribution in [3.63, 3.8) is 0 Å². The van der Waals surface area contributed by atoms with Crippen LogP contribution < -0.4 is 0 Å². The fraction of sp³-hybridized carbons (Fsp3) is 0.818. The maximum atomic E-state index is 11.9. The molecule has 0 saturated carbocycles. The topological polar surface area (TPSA) is 57.6 Å². The summed E-state index contributed by atoms with van der Waals surface area (Å²) >= 11 is 0. The standard InChI is InChI=1S/C11H21NO3/c1-5-7-12(8-6-2)9(13)11(3,4)10(14)15/h5-8H2,1-4H3,(H,14,15). The minimum Gasteiger partial charge on any atom is -0.480 e. The number of amides is 1. The minimum atomic E-state index is -1.32. The van der Waals surface area contributed by atoms with Crippen molar-refractivity contribution >= 4 is 11.9 Å². The summed E-state index contributed by atoms with van der Waals surface area (Å²) in [5.41, 5.74) is -1.32. The highest BCUT2D eigenvalue weighted by Crippen LogP contribution is 2.19. The first kappa shape index (κ1) is 13.9. The lowest BCUT2D eigenvalue weighted by Crippen LogP contribution is -2.45. The number of hydrogen-bond acceptors (Lipinski definition) is 2. The maximum Gasteiger partial charge on any atom is 0.318 e. The number of hydrogen-bond donors (Lipinski definition) is 1. The van der Waals surface area contributed by atoms with Crippen LogP contribution in [0.25, 0.3) is 0 Å². The van der Waals surface area contributed by atoms with Crippen molar-refractivity contribution < 1.29 is 14.7 Å². The van der Waals surface area contributed by atoms with Crippen molar-refractivity contribution in [3.8, 4) is 0 Å². The largest absolute Gasteiger partial charge is 0.480 e. The molecule has 0 saturated heterocycles. The van der Waals surface area contributed by atoms with Crippen LogP contribution in [-0.2, 0) is 9.59 Å². The van der Waals surface area contributed by atoms with E-state index in [-0.39, 0.29) is 5.91 Å². The van der Waals surface area contributed by atoms with Crippen LogP contribution in [0.4, 0.5) is 0 Å². The zero-order valence-corrected chi connectivity index (χ0v) is 10.0. The maximum absolute atomic E-state index is 11.9. The van der Waals surface area contributed by atoms with Gasteiger partial charge in [0.2, 0.25) is 5.91 Å². The lowest BCUT2D eigenvalue weighted by molar-refractivity contribution is -0.158. The predicted octanol–water partition coefficient (Wildman–Crippen LogP) is 1.75. The van der Waals surface area contributed by atoms with Gasteiger partial charge in [-0.15, -0.1) is 0 Å². The van der Waals surface area contributed by atoms with Crippen LogP contribution in [0.15, 0.2) is 0 Å². The normalized spacial score (nSPS) is 11.2. The van der Waals surface area contributed by atoms with Crippen LogP contribution in [0.1, 0.15) is 40.5 Å². The lowest BCUT2D eigenvalue weighted by atomic mass is 9.91. The molecule has 0 aromatic heterocycles. The molecule has 0 radical (unpaired) electrons. The molecule has 0 aromatic rings. The second kappa shape index (κ2) is 5.73. The molecule has 0 spiro atoms. The molecule has 1 amide bonds. The van der Waals surface area contributed by atoms with Crippen LogP contribution in [0.2, 0.25) is 0 Å². The molecule has 4 heteroatoms. The number of carboxylic acids is 1. The van der Waals surface area contributed by atoms with Gasteiger partial charge in [-0.25, -0.2) is 0 Å². The van der Waals surface area contributed by atoms with E-state index in [1.54, 1.807) is 4.90 Å². The van der Waals surface area contributed by atoms with Gasteiger partial charge in [-0.2, -0.15) is 0 Å². The Morgan fingerprint density at radius 1 is 1.13 bits per heavy atom. The van der Waals surface area contributed by atoms with E-state index < -0.39 is 11.4 Å². The Kier molecular flexibility index (Phi) is 5.33. The van der Waals surface area contributed by atoms with E-state index in [0.717, 1.165) is 12.8 Å². The summed E-state index contributed by atoms with van der Waals surface area (Å²) in [6.45, 7) is 8.12. The van der Waals surface area contributed by atoms with E-state index in [0.29, 0.717) is 13.1 Å². The van der Waals surface area contributed by atoms with E-state index in [1.165, 1.54) is 13.8 Å². The summed E-state index contributed by atoms with van der Waals surface area (Å²) in [5, 5.41) is 8.95. The average Bonchev–Trinajstić information content (AvgIpc) is 2.16. The molecule has 1 N–H and O–H groups in total. The highest BCUT2D eigenvalue weighted by Gasteiger charge is 2.38. The number of aliphatic carboxylic acids is 1. The first-order valence-electron chi connectivity index (χ1n) is 5.40. The Morgan fingerprint density at radius 3 is 1.80 bits per heavy atom. The van der Waals surface area contributed by atoms with Crippen molar-refractivity contribution in [2.24, 2.45) is 5.41 Å². The molecule has 4 nitrogen and oxygen atoms in total. The Morgan fingerprint density at radius 2 is 1.53 bits per heavy atom. The lowest BCUT2D eigenvalue weighted by Gasteiger charge is -2.28. The summed E-state index contributed by atoms with van der Waals surface area (Å²) in [6, 6.07) is 0. The number of rotatable bonds is 6. The Labute approximate surface area is 91.3 Å². The minimum absolute atomic E-state index is 0.293. The van der Waals surface area contributed by atoms with Gasteiger partial charge in [-0.1, -0.05) is 13.8 Å². The number of carbonyl (C=O) groups excluding carboxylic acids is 1. The summed E-state index contributed by atoms with van der Waals surface area (Å²) in [6.07, 6.45) is 1.70. The number of carboxylic acid groups (broad SMARTS) is 1. The first-order chi connectivity index (χ1) is 6.87. The monoisotopic (exact) mass is 215 g/mol. The molecule has 0 fully saturated rings. The molecule has 0 aliphatic heterocycles. The fourth-order valence-electron chi connectivity index (χ4n) is 1.34. The third-order valence-corrected chi connectivity index (χ3v) is 2.34. The predicted molar refractivity (Wildman–Crippen MR) is 58.6 cm³/mol. The van der Waals surface area contributed by atoms with Gasteiger partial charge in [0.1, 0.15) is 5.41 Å². The molecule has 0 rings (SSSR count). The molecule has 0 aliphatic carbocycles. The van der Waals surface area contributed by atoms with Crippen LogP contribution in [0.3, 0.4) is 0 Å². The second-order valence-electron chi connectivity index (χ2n) is 4.22. The van der Waals surface area contributed by atoms with E-state index in [1.807, 2.05) is 13.8 Å². The van der Waals surface area contributed by atoms with Gasteiger partial charge in [0.25, 0.3) is 0 Å². The van der Waals surface area contributed by atoms with E-state index in [2.05, 4.69) is 0 Å². The van der Waals surface area contributed by atoms with E-state index >= 15 is 0 Å².